The van der Waals surface area contributed by atoms with Crippen LogP contribution >= 0.6 is 11.3 Å². The summed E-state index contributed by atoms with van der Waals surface area (Å²) >= 11 is 0.564. The van der Waals surface area contributed by atoms with Crippen LogP contribution in [0.5, 0.6) is 17.2 Å². The maximum atomic E-state index is 13.7. The molecule has 3 aromatic carbocycles. The van der Waals surface area contributed by atoms with Crippen molar-refractivity contribution in [3.8, 4) is 28.4 Å². The van der Waals surface area contributed by atoms with Crippen molar-refractivity contribution in [1.82, 2.24) is 0 Å². The smallest absolute Gasteiger partial charge is 0.462 e. The van der Waals surface area contributed by atoms with Crippen molar-refractivity contribution in [1.29, 1.82) is 0 Å². The molecule has 4 aromatic rings. The van der Waals surface area contributed by atoms with Gasteiger partial charge in [0.15, 0.2) is 17.2 Å². The van der Waals surface area contributed by atoms with E-state index in [0.29, 0.717) is 29.7 Å². The van der Waals surface area contributed by atoms with Crippen molar-refractivity contribution < 1.29 is 54.9 Å². The van der Waals surface area contributed by atoms with Gasteiger partial charge in [-0.3, -0.25) is 0 Å². The van der Waals surface area contributed by atoms with E-state index in [1.807, 2.05) is 0 Å². The summed E-state index contributed by atoms with van der Waals surface area (Å²) in [6.45, 7) is 9.88. The quantitative estimate of drug-likeness (QED) is 0.0568. The van der Waals surface area contributed by atoms with Crippen LogP contribution in [0.3, 0.4) is 0 Å². The van der Waals surface area contributed by atoms with Gasteiger partial charge in [-0.05, 0) is 56.0 Å². The zero-order valence-electron chi connectivity index (χ0n) is 23.3. The van der Waals surface area contributed by atoms with Gasteiger partial charge < -0.3 is 18.9 Å². The van der Waals surface area contributed by atoms with Gasteiger partial charge in [0.1, 0.15) is 0 Å². The Hall–Kier alpha value is -4.52. The molecule has 0 aliphatic heterocycles. The number of fused-ring (bicyclic) bond motifs is 3. The van der Waals surface area contributed by atoms with Crippen LogP contribution in [0.4, 0.5) is 26.3 Å². The molecule has 0 saturated heterocycles. The first-order chi connectivity index (χ1) is 20.5. The van der Waals surface area contributed by atoms with Gasteiger partial charge in [0.25, 0.3) is 0 Å². The third-order valence-electron chi connectivity index (χ3n) is 6.13. The Morgan fingerprint density at radius 2 is 1.30 bits per heavy atom. The van der Waals surface area contributed by atoms with Crippen LogP contribution in [0.25, 0.3) is 31.3 Å². The summed E-state index contributed by atoms with van der Waals surface area (Å²) in [6, 6.07) is 11.8. The average Bonchev–Trinajstić information content (AvgIpc) is 3.31. The van der Waals surface area contributed by atoms with Crippen LogP contribution in [0.2, 0.25) is 0 Å². The minimum atomic E-state index is -5.21. The molecule has 1 heterocycles. The highest BCUT2D eigenvalue weighted by Gasteiger charge is 2.36. The van der Waals surface area contributed by atoms with Crippen LogP contribution in [0.1, 0.15) is 25.8 Å². The molecule has 0 fully saturated rings. The fraction of sp³-hybridized carbons (Fsp3) is 0.226. The van der Waals surface area contributed by atoms with Gasteiger partial charge in [0.05, 0.1) is 16.0 Å². The number of hydrogen-bond acceptors (Lipinski definition) is 7. The van der Waals surface area contributed by atoms with Crippen LogP contribution in [-0.4, -0.2) is 31.3 Å². The first-order valence-electron chi connectivity index (χ1n) is 12.9. The van der Waals surface area contributed by atoms with Crippen molar-refractivity contribution in [2.45, 2.75) is 39.4 Å². The summed E-state index contributed by atoms with van der Waals surface area (Å²) < 4.78 is 99.6. The molecule has 0 saturated carbocycles. The van der Waals surface area contributed by atoms with Gasteiger partial charge >= 0.3 is 24.7 Å². The van der Waals surface area contributed by atoms with Crippen LogP contribution in [0.15, 0.2) is 72.8 Å². The lowest BCUT2D eigenvalue weighted by Gasteiger charge is -2.15. The topological polar surface area (TPSA) is 71.1 Å². The number of ether oxygens (including phenoxy) is 4. The van der Waals surface area contributed by atoms with Crippen LogP contribution in [0, 0.1) is 0 Å². The van der Waals surface area contributed by atoms with Crippen LogP contribution < -0.4 is 14.2 Å². The van der Waals surface area contributed by atoms with Gasteiger partial charge in [0, 0.05) is 27.5 Å². The minimum absolute atomic E-state index is 0.0375. The van der Waals surface area contributed by atoms with E-state index in [1.54, 1.807) is 24.3 Å². The molecular formula is C31H24F6O6S. The van der Waals surface area contributed by atoms with Crippen molar-refractivity contribution in [2.75, 3.05) is 6.61 Å². The van der Waals surface area contributed by atoms with Gasteiger partial charge in [-0.25, -0.2) is 9.59 Å². The number of benzene rings is 3. The van der Waals surface area contributed by atoms with Crippen LogP contribution in [-0.2, 0) is 20.7 Å². The third-order valence-corrected chi connectivity index (χ3v) is 7.34. The largest absolute Gasteiger partial charge is 0.573 e. The molecule has 44 heavy (non-hydrogen) atoms. The second-order valence-corrected chi connectivity index (χ2v) is 10.7. The molecule has 232 valence electrons. The lowest BCUT2D eigenvalue weighted by atomic mass is 10.00. The summed E-state index contributed by atoms with van der Waals surface area (Å²) in [6.07, 6.45) is -9.32. The summed E-state index contributed by atoms with van der Waals surface area (Å²) in [4.78, 5) is 23.6. The molecule has 0 bridgehead atoms. The SMILES string of the molecule is C=C(C)C(=O)OCCCc1ccc(-c2ccc3c(sc4c(OC(F)(F)F)c(OC(=O)C(=C)C)ccc43)c2OC(F)(F)F)cc1. The highest BCUT2D eigenvalue weighted by Crippen LogP contribution is 2.51. The van der Waals surface area contributed by atoms with E-state index >= 15 is 0 Å². The number of esters is 2. The first kappa shape index (κ1) is 32.4. The molecule has 0 aliphatic carbocycles. The second-order valence-electron chi connectivity index (χ2n) is 9.67. The van der Waals surface area contributed by atoms with E-state index in [1.165, 1.54) is 32.0 Å². The molecule has 0 unspecified atom stereocenters. The maximum Gasteiger partial charge on any atom is 0.573 e. The number of aryl methyl sites for hydroxylation is 1. The molecule has 0 radical (unpaired) electrons. The highest BCUT2D eigenvalue weighted by atomic mass is 32.1. The lowest BCUT2D eigenvalue weighted by Crippen LogP contribution is -2.18. The molecule has 1 aromatic heterocycles. The van der Waals surface area contributed by atoms with Crippen molar-refractivity contribution >= 4 is 43.4 Å². The van der Waals surface area contributed by atoms with Gasteiger partial charge in [-0.15, -0.1) is 37.7 Å². The minimum Gasteiger partial charge on any atom is -0.462 e. The highest BCUT2D eigenvalue weighted by molar-refractivity contribution is 7.26. The molecule has 6 nitrogen and oxygen atoms in total. The van der Waals surface area contributed by atoms with Gasteiger partial charge in [0.2, 0.25) is 0 Å². The lowest BCUT2D eigenvalue weighted by molar-refractivity contribution is -0.275. The Labute approximate surface area is 251 Å². The summed E-state index contributed by atoms with van der Waals surface area (Å²) in [5, 5.41) is 0.291. The Morgan fingerprint density at radius 1 is 0.750 bits per heavy atom. The van der Waals surface area contributed by atoms with Crippen molar-refractivity contribution in [2.24, 2.45) is 0 Å². The maximum absolute atomic E-state index is 13.7. The zero-order valence-corrected chi connectivity index (χ0v) is 24.1. The summed E-state index contributed by atoms with van der Waals surface area (Å²) in [7, 11) is 0. The van der Waals surface area contributed by atoms with Crippen molar-refractivity contribution in [3.63, 3.8) is 0 Å². The number of carbonyl (C=O) groups excluding carboxylic acids is 2. The van der Waals surface area contributed by atoms with Gasteiger partial charge in [-0.2, -0.15) is 0 Å². The van der Waals surface area contributed by atoms with E-state index < -0.39 is 41.9 Å². The van der Waals surface area contributed by atoms with Gasteiger partial charge in [-0.1, -0.05) is 43.5 Å². The summed E-state index contributed by atoms with van der Waals surface area (Å²) in [5.41, 5.74) is 1.39. The fourth-order valence-electron chi connectivity index (χ4n) is 4.18. The Kier molecular flexibility index (Phi) is 9.28. The van der Waals surface area contributed by atoms with E-state index in [4.69, 9.17) is 9.47 Å². The average molecular weight is 639 g/mol. The molecule has 0 amide bonds. The Balaban J connectivity index is 1.78. The molecule has 0 N–H and O–H groups in total. The molecule has 4 rings (SSSR count). The number of rotatable bonds is 10. The normalized spacial score (nSPS) is 11.8. The second kappa shape index (κ2) is 12.6. The first-order valence-corrected chi connectivity index (χ1v) is 13.7. The predicted octanol–water partition coefficient (Wildman–Crippen LogP) is 9.05. The fourth-order valence-corrected chi connectivity index (χ4v) is 5.43. The number of carbonyl (C=O) groups is 2. The van der Waals surface area contributed by atoms with E-state index in [2.05, 4.69) is 22.6 Å². The predicted molar refractivity (Wildman–Crippen MR) is 153 cm³/mol. The molecule has 13 heteroatoms. The molecule has 0 aliphatic rings. The summed E-state index contributed by atoms with van der Waals surface area (Å²) in [5.74, 6) is -3.61. The number of alkyl halides is 6. The van der Waals surface area contributed by atoms with E-state index in [0.717, 1.165) is 11.6 Å². The number of halogens is 6. The third kappa shape index (κ3) is 7.70. The van der Waals surface area contributed by atoms with E-state index in [9.17, 15) is 35.9 Å². The zero-order chi connectivity index (χ0) is 32.4. The van der Waals surface area contributed by atoms with E-state index in [-0.39, 0.29) is 43.5 Å². The standard InChI is InChI=1S/C31H24F6O6S/c1-16(2)28(38)40-15-5-6-18-7-9-19(10-8-18)20-11-12-21-22-13-14-23(41-29(39)17(3)4)25(43-31(35,36)37)27(22)44-26(21)24(20)42-30(32,33)34/h7-14H,1,3,5-6,15H2,2,4H3. The number of thiophene rings is 1. The Bertz CT molecular complexity index is 1750. The number of hydrogen-bond donors (Lipinski definition) is 0. The molecular weight excluding hydrogens is 614 g/mol. The monoisotopic (exact) mass is 638 g/mol. The molecule has 0 spiro atoms. The Morgan fingerprint density at radius 3 is 1.86 bits per heavy atom. The molecule has 0 atom stereocenters. The van der Waals surface area contributed by atoms with Crippen molar-refractivity contribution in [3.05, 3.63) is 78.4 Å².